The van der Waals surface area contributed by atoms with Crippen LogP contribution >= 0.6 is 11.3 Å². The fraction of sp³-hybridized carbons (Fsp3) is 0.167. The van der Waals surface area contributed by atoms with Crippen LogP contribution < -0.4 is 10.2 Å². The number of aliphatic imine (C=N–C) groups is 1. The minimum Gasteiger partial charge on any atom is -0.357 e. The number of anilines is 2. The molecule has 0 saturated carbocycles. The Morgan fingerprint density at radius 1 is 1.03 bits per heavy atom. The predicted molar refractivity (Wildman–Crippen MR) is 147 cm³/mol. The van der Waals surface area contributed by atoms with Crippen LogP contribution in [0.25, 0.3) is 11.3 Å². The second-order valence-corrected chi connectivity index (χ2v) is 10.3. The number of allylic oxidation sites excluding steroid dienone is 2. The summed E-state index contributed by atoms with van der Waals surface area (Å²) >= 11 is 1.73. The van der Waals surface area contributed by atoms with Crippen molar-refractivity contribution in [1.29, 1.82) is 0 Å². The number of thiazole rings is 1. The molecule has 3 aliphatic heterocycles. The minimum atomic E-state index is 0.0850. The highest BCUT2D eigenvalue weighted by atomic mass is 32.1. The number of nitrogens with one attached hydrogen (secondary N) is 1. The Bertz CT molecular complexity index is 1530. The van der Waals surface area contributed by atoms with Gasteiger partial charge in [0.15, 0.2) is 0 Å². The molecule has 2 aromatic carbocycles. The summed E-state index contributed by atoms with van der Waals surface area (Å²) in [6.45, 7) is 5.98. The van der Waals surface area contributed by atoms with E-state index in [2.05, 4.69) is 82.8 Å². The second-order valence-electron chi connectivity index (χ2n) is 9.37. The van der Waals surface area contributed by atoms with Crippen LogP contribution in [0.5, 0.6) is 0 Å². The van der Waals surface area contributed by atoms with Crippen molar-refractivity contribution in [2.45, 2.75) is 18.3 Å². The van der Waals surface area contributed by atoms with Crippen molar-refractivity contribution >= 4 is 28.6 Å². The molecular weight excluding hydrogens is 462 g/mol. The molecule has 0 radical (unpaired) electrons. The largest absolute Gasteiger partial charge is 0.357 e. The minimum absolute atomic E-state index is 0.0850. The van der Waals surface area contributed by atoms with Gasteiger partial charge in [-0.3, -0.25) is 4.99 Å². The van der Waals surface area contributed by atoms with E-state index in [4.69, 9.17) is 15.0 Å². The highest BCUT2D eigenvalue weighted by Crippen LogP contribution is 2.44. The van der Waals surface area contributed by atoms with Gasteiger partial charge < -0.3 is 10.2 Å². The Morgan fingerprint density at radius 3 is 2.86 bits per heavy atom. The van der Waals surface area contributed by atoms with Gasteiger partial charge in [-0.05, 0) is 36.2 Å². The number of hydrogen-bond donors (Lipinski definition) is 1. The summed E-state index contributed by atoms with van der Waals surface area (Å²) in [6, 6.07) is 23.4. The van der Waals surface area contributed by atoms with E-state index in [-0.39, 0.29) is 11.8 Å². The monoisotopic (exact) mass is 487 g/mol. The number of benzene rings is 2. The zero-order chi connectivity index (χ0) is 24.1. The Balaban J connectivity index is 1.21. The highest BCUT2D eigenvalue weighted by Gasteiger charge is 2.34. The molecule has 7 rings (SSSR count). The molecule has 5 heterocycles. The Kier molecular flexibility index (Phi) is 5.06. The summed E-state index contributed by atoms with van der Waals surface area (Å²) in [4.78, 5) is 17.0. The molecule has 5 nitrogen and oxygen atoms in total. The molecule has 2 aromatic heterocycles. The van der Waals surface area contributed by atoms with E-state index >= 15 is 0 Å². The van der Waals surface area contributed by atoms with Crippen molar-refractivity contribution in [3.8, 4) is 11.3 Å². The number of rotatable bonds is 4. The number of dihydropyridines is 1. The SMILES string of the molecule is C=C1NC2=CCCN=C2C1c1cccc(-c2csc(C3CN(c4ccccc4)c4ncccc43)n2)c1. The molecule has 36 heavy (non-hydrogen) atoms. The standard InChI is InChI=1S/C30H25N5S/c1-19-27(28-25(33-19)13-7-14-31-28)21-9-5-8-20(16-21)26-18-36-30(34-26)24-17-35(22-10-3-2-4-11-22)29-23(24)12-6-15-32-29/h2-6,8-13,15-16,18,24,27,33H,1,7,14,17H2. The van der Waals surface area contributed by atoms with Crippen LogP contribution in [0, 0.1) is 0 Å². The summed E-state index contributed by atoms with van der Waals surface area (Å²) in [5, 5.41) is 6.75. The van der Waals surface area contributed by atoms with E-state index in [1.807, 2.05) is 18.3 Å². The van der Waals surface area contributed by atoms with E-state index in [1.54, 1.807) is 11.3 Å². The first-order valence-corrected chi connectivity index (χ1v) is 13.2. The molecule has 1 N–H and O–H groups in total. The summed E-state index contributed by atoms with van der Waals surface area (Å²) < 4.78 is 0. The van der Waals surface area contributed by atoms with Gasteiger partial charge in [0.05, 0.1) is 28.9 Å². The molecule has 176 valence electrons. The molecule has 1 fully saturated rings. The molecule has 4 aromatic rings. The molecule has 1 saturated heterocycles. The fourth-order valence-corrected chi connectivity index (χ4v) is 6.43. The molecule has 0 aliphatic carbocycles. The molecule has 6 heteroatoms. The van der Waals surface area contributed by atoms with Gasteiger partial charge in [-0.1, -0.05) is 55.1 Å². The van der Waals surface area contributed by atoms with Gasteiger partial charge in [-0.2, -0.15) is 0 Å². The van der Waals surface area contributed by atoms with E-state index in [0.29, 0.717) is 0 Å². The van der Waals surface area contributed by atoms with E-state index in [0.717, 1.165) is 64.4 Å². The van der Waals surface area contributed by atoms with E-state index in [9.17, 15) is 0 Å². The summed E-state index contributed by atoms with van der Waals surface area (Å²) in [5.74, 6) is 1.30. The van der Waals surface area contributed by atoms with Gasteiger partial charge in [0.1, 0.15) is 10.8 Å². The average Bonchev–Trinajstić information content (AvgIpc) is 3.64. The molecule has 0 amide bonds. The third-order valence-corrected chi connectivity index (χ3v) is 8.13. The van der Waals surface area contributed by atoms with Gasteiger partial charge in [-0.15, -0.1) is 11.3 Å². The second kappa shape index (κ2) is 8.57. The quantitative estimate of drug-likeness (QED) is 0.361. The lowest BCUT2D eigenvalue weighted by molar-refractivity contribution is 0.848. The maximum atomic E-state index is 5.14. The van der Waals surface area contributed by atoms with Crippen LogP contribution in [0.3, 0.4) is 0 Å². The van der Waals surface area contributed by atoms with Crippen LogP contribution in [0.2, 0.25) is 0 Å². The highest BCUT2D eigenvalue weighted by molar-refractivity contribution is 7.10. The Labute approximate surface area is 214 Å². The first-order chi connectivity index (χ1) is 17.8. The van der Waals surface area contributed by atoms with Gasteiger partial charge in [-0.25, -0.2) is 9.97 Å². The Morgan fingerprint density at radius 2 is 1.94 bits per heavy atom. The average molecular weight is 488 g/mol. The third kappa shape index (κ3) is 3.48. The van der Waals surface area contributed by atoms with Crippen LogP contribution in [0.1, 0.15) is 34.4 Å². The fourth-order valence-electron chi connectivity index (χ4n) is 5.49. The van der Waals surface area contributed by atoms with Gasteiger partial charge in [0.2, 0.25) is 0 Å². The maximum absolute atomic E-state index is 5.14. The van der Waals surface area contributed by atoms with Crippen molar-refractivity contribution in [2.24, 2.45) is 4.99 Å². The van der Waals surface area contributed by atoms with Crippen molar-refractivity contribution in [3.05, 3.63) is 118 Å². The maximum Gasteiger partial charge on any atom is 0.136 e. The molecular formula is C30H25N5S. The van der Waals surface area contributed by atoms with Crippen LogP contribution in [0.15, 0.2) is 107 Å². The normalized spacial score (nSPS) is 20.4. The third-order valence-electron chi connectivity index (χ3n) is 7.17. The zero-order valence-corrected chi connectivity index (χ0v) is 20.6. The van der Waals surface area contributed by atoms with E-state index < -0.39 is 0 Å². The van der Waals surface area contributed by atoms with Gasteiger partial charge in [0.25, 0.3) is 0 Å². The van der Waals surface area contributed by atoms with E-state index in [1.165, 1.54) is 11.1 Å². The number of pyridine rings is 1. The topological polar surface area (TPSA) is 53.4 Å². The number of nitrogens with zero attached hydrogens (tertiary/aromatic N) is 4. The smallest absolute Gasteiger partial charge is 0.136 e. The number of hydrogen-bond acceptors (Lipinski definition) is 6. The van der Waals surface area contributed by atoms with Crippen LogP contribution in [-0.4, -0.2) is 28.8 Å². The lowest BCUT2D eigenvalue weighted by atomic mass is 9.91. The molecule has 0 bridgehead atoms. The molecule has 0 spiro atoms. The van der Waals surface area contributed by atoms with Crippen molar-refractivity contribution < 1.29 is 0 Å². The lowest BCUT2D eigenvalue weighted by Crippen LogP contribution is -2.16. The summed E-state index contributed by atoms with van der Waals surface area (Å²) in [5.41, 5.74) is 8.96. The van der Waals surface area contributed by atoms with Crippen LogP contribution in [-0.2, 0) is 0 Å². The van der Waals surface area contributed by atoms with Gasteiger partial charge >= 0.3 is 0 Å². The lowest BCUT2D eigenvalue weighted by Gasteiger charge is -2.18. The summed E-state index contributed by atoms with van der Waals surface area (Å²) in [7, 11) is 0. The zero-order valence-electron chi connectivity index (χ0n) is 19.8. The Hall–Kier alpha value is -4.03. The molecule has 2 unspecified atom stereocenters. The van der Waals surface area contributed by atoms with Gasteiger partial charge in [0, 0.05) is 47.2 Å². The van der Waals surface area contributed by atoms with Crippen molar-refractivity contribution in [3.63, 3.8) is 0 Å². The number of fused-ring (bicyclic) bond motifs is 2. The van der Waals surface area contributed by atoms with Crippen molar-refractivity contribution in [1.82, 2.24) is 15.3 Å². The number of aromatic nitrogens is 2. The predicted octanol–water partition coefficient (Wildman–Crippen LogP) is 6.42. The molecule has 3 aliphatic rings. The summed E-state index contributed by atoms with van der Waals surface area (Å²) in [6.07, 6.45) is 5.09. The first kappa shape index (κ1) is 21.3. The van der Waals surface area contributed by atoms with Crippen LogP contribution in [0.4, 0.5) is 11.5 Å². The number of para-hydroxylation sites is 1. The van der Waals surface area contributed by atoms with Crippen molar-refractivity contribution in [2.75, 3.05) is 18.0 Å². The molecule has 2 atom stereocenters. The first-order valence-electron chi connectivity index (χ1n) is 12.3.